The second-order valence-corrected chi connectivity index (χ2v) is 3.90. The predicted molar refractivity (Wildman–Crippen MR) is 69.2 cm³/mol. The monoisotopic (exact) mass is 259 g/mol. The first-order chi connectivity index (χ1) is 9.11. The smallest absolute Gasteiger partial charge is 0.339 e. The Balaban J connectivity index is 2.24. The Bertz CT molecular complexity index is 615. The number of aryl methyl sites for hydroxylation is 1. The van der Waals surface area contributed by atoms with Gasteiger partial charge in [-0.15, -0.1) is 0 Å². The van der Waals surface area contributed by atoms with Crippen molar-refractivity contribution >= 4 is 17.6 Å². The van der Waals surface area contributed by atoms with Crippen molar-refractivity contribution in [3.63, 3.8) is 0 Å². The molecule has 1 heterocycles. The highest BCUT2D eigenvalue weighted by atomic mass is 16.5. The Kier molecular flexibility index (Phi) is 3.66. The van der Waals surface area contributed by atoms with Gasteiger partial charge in [-0.3, -0.25) is 4.79 Å². The van der Waals surface area contributed by atoms with Crippen molar-refractivity contribution in [3.05, 3.63) is 53.5 Å². The number of hydrogen-bond acceptors (Lipinski definition) is 4. The lowest BCUT2D eigenvalue weighted by molar-refractivity contribution is 0.0602. The molecule has 0 atom stereocenters. The Morgan fingerprint density at radius 3 is 2.53 bits per heavy atom. The first kappa shape index (κ1) is 12.9. The summed E-state index contributed by atoms with van der Waals surface area (Å²) in [6, 6.07) is 9.88. The second kappa shape index (κ2) is 5.39. The number of carbonyl (C=O) groups excluding carboxylic acids is 2. The normalized spacial score (nSPS) is 10.0. The van der Waals surface area contributed by atoms with Crippen molar-refractivity contribution < 1.29 is 18.7 Å². The van der Waals surface area contributed by atoms with Crippen molar-refractivity contribution in [3.8, 4) is 0 Å². The summed E-state index contributed by atoms with van der Waals surface area (Å²) < 4.78 is 9.87. The van der Waals surface area contributed by atoms with E-state index in [2.05, 4.69) is 10.1 Å². The zero-order chi connectivity index (χ0) is 13.8. The minimum absolute atomic E-state index is 0.192. The average Bonchev–Trinajstić information content (AvgIpc) is 2.85. The number of furan rings is 1. The van der Waals surface area contributed by atoms with Gasteiger partial charge in [0.05, 0.1) is 18.4 Å². The number of ether oxygens (including phenoxy) is 1. The highest BCUT2D eigenvalue weighted by molar-refractivity contribution is 6.06. The Morgan fingerprint density at radius 2 is 1.89 bits per heavy atom. The van der Waals surface area contributed by atoms with Gasteiger partial charge in [0, 0.05) is 0 Å². The van der Waals surface area contributed by atoms with E-state index in [1.54, 1.807) is 43.3 Å². The third-order valence-electron chi connectivity index (χ3n) is 2.54. The van der Waals surface area contributed by atoms with Crippen LogP contribution in [0.4, 0.5) is 5.69 Å². The number of methoxy groups -OCH3 is 1. The lowest BCUT2D eigenvalue weighted by Crippen LogP contribution is -2.14. The highest BCUT2D eigenvalue weighted by Gasteiger charge is 2.15. The fraction of sp³-hybridized carbons (Fsp3) is 0.143. The van der Waals surface area contributed by atoms with Gasteiger partial charge in [-0.2, -0.15) is 0 Å². The quantitative estimate of drug-likeness (QED) is 0.860. The molecule has 1 N–H and O–H groups in total. The molecule has 1 aromatic heterocycles. The first-order valence-electron chi connectivity index (χ1n) is 5.67. The van der Waals surface area contributed by atoms with Gasteiger partial charge in [0.1, 0.15) is 5.76 Å². The summed E-state index contributed by atoms with van der Waals surface area (Å²) in [7, 11) is 1.29. The lowest BCUT2D eigenvalue weighted by atomic mass is 10.2. The minimum atomic E-state index is -0.508. The summed E-state index contributed by atoms with van der Waals surface area (Å²) in [5.41, 5.74) is 0.676. The molecule has 98 valence electrons. The SMILES string of the molecule is COC(=O)c1ccccc1NC(=O)c1ccc(C)o1. The van der Waals surface area contributed by atoms with Crippen LogP contribution in [0, 0.1) is 6.92 Å². The summed E-state index contributed by atoms with van der Waals surface area (Å²) in [5.74, 6) is -0.0837. The van der Waals surface area contributed by atoms with E-state index in [-0.39, 0.29) is 5.76 Å². The molecule has 19 heavy (non-hydrogen) atoms. The van der Waals surface area contributed by atoms with E-state index in [9.17, 15) is 9.59 Å². The van der Waals surface area contributed by atoms with Crippen LogP contribution in [-0.2, 0) is 4.74 Å². The van der Waals surface area contributed by atoms with Crippen LogP contribution in [0.25, 0.3) is 0 Å². The standard InChI is InChI=1S/C14H13NO4/c1-9-7-8-12(19-9)13(16)15-11-6-4-3-5-10(11)14(17)18-2/h3-8H,1-2H3,(H,15,16). The maximum atomic E-state index is 11.9. The van der Waals surface area contributed by atoms with Gasteiger partial charge < -0.3 is 14.5 Å². The zero-order valence-corrected chi connectivity index (χ0v) is 10.6. The lowest BCUT2D eigenvalue weighted by Gasteiger charge is -2.08. The van der Waals surface area contributed by atoms with Crippen molar-refractivity contribution in [2.24, 2.45) is 0 Å². The number of rotatable bonds is 3. The fourth-order valence-corrected chi connectivity index (χ4v) is 1.62. The third kappa shape index (κ3) is 2.82. The molecule has 0 aliphatic carbocycles. The van der Waals surface area contributed by atoms with Gasteiger partial charge in [0.25, 0.3) is 5.91 Å². The summed E-state index contributed by atoms with van der Waals surface area (Å²) in [6.45, 7) is 1.75. The third-order valence-corrected chi connectivity index (χ3v) is 2.54. The topological polar surface area (TPSA) is 68.5 Å². The fourth-order valence-electron chi connectivity index (χ4n) is 1.62. The number of amides is 1. The molecule has 2 rings (SSSR count). The van der Waals surface area contributed by atoms with E-state index >= 15 is 0 Å². The van der Waals surface area contributed by atoms with Crippen molar-refractivity contribution in [1.82, 2.24) is 0 Å². The number of anilines is 1. The molecule has 2 aromatic rings. The number of benzene rings is 1. The maximum Gasteiger partial charge on any atom is 0.339 e. The van der Waals surface area contributed by atoms with Crippen LogP contribution >= 0.6 is 0 Å². The Morgan fingerprint density at radius 1 is 1.16 bits per heavy atom. The molecule has 0 bridgehead atoms. The zero-order valence-electron chi connectivity index (χ0n) is 10.6. The van der Waals surface area contributed by atoms with Crippen LogP contribution in [0.5, 0.6) is 0 Å². The predicted octanol–water partition coefficient (Wildman–Crippen LogP) is 2.63. The van der Waals surface area contributed by atoms with Crippen LogP contribution in [0.2, 0.25) is 0 Å². The van der Waals surface area contributed by atoms with Gasteiger partial charge in [0.2, 0.25) is 0 Å². The molecule has 0 radical (unpaired) electrons. The summed E-state index contributed by atoms with van der Waals surface area (Å²) >= 11 is 0. The second-order valence-electron chi connectivity index (χ2n) is 3.90. The molecule has 1 amide bonds. The number of nitrogens with one attached hydrogen (secondary N) is 1. The largest absolute Gasteiger partial charge is 0.465 e. The van der Waals surface area contributed by atoms with Crippen LogP contribution in [0.3, 0.4) is 0 Å². The average molecular weight is 259 g/mol. The van der Waals surface area contributed by atoms with E-state index in [0.717, 1.165) is 0 Å². The summed E-state index contributed by atoms with van der Waals surface area (Å²) in [4.78, 5) is 23.5. The van der Waals surface area contributed by atoms with Gasteiger partial charge >= 0.3 is 5.97 Å². The van der Waals surface area contributed by atoms with Gasteiger partial charge in [-0.05, 0) is 31.2 Å². The molecule has 1 aromatic carbocycles. The molecular formula is C14H13NO4. The molecule has 0 aliphatic heterocycles. The first-order valence-corrected chi connectivity index (χ1v) is 5.67. The highest BCUT2D eigenvalue weighted by Crippen LogP contribution is 2.17. The maximum absolute atomic E-state index is 11.9. The van der Waals surface area contributed by atoms with Crippen molar-refractivity contribution in [1.29, 1.82) is 0 Å². The number of carbonyl (C=O) groups is 2. The van der Waals surface area contributed by atoms with Crippen LogP contribution in [-0.4, -0.2) is 19.0 Å². The number of hydrogen-bond donors (Lipinski definition) is 1. The molecule has 0 unspecified atom stereocenters. The van der Waals surface area contributed by atoms with Crippen LogP contribution in [0.1, 0.15) is 26.7 Å². The van der Waals surface area contributed by atoms with Crippen LogP contribution < -0.4 is 5.32 Å². The summed E-state index contributed by atoms with van der Waals surface area (Å²) in [6.07, 6.45) is 0. The van der Waals surface area contributed by atoms with E-state index in [4.69, 9.17) is 4.42 Å². The molecule has 0 saturated carbocycles. The Hall–Kier alpha value is -2.56. The molecule has 0 aliphatic rings. The summed E-state index contributed by atoms with van der Waals surface area (Å²) in [5, 5.41) is 2.62. The minimum Gasteiger partial charge on any atom is -0.465 e. The number of esters is 1. The van der Waals surface area contributed by atoms with E-state index in [0.29, 0.717) is 17.0 Å². The van der Waals surface area contributed by atoms with Crippen LogP contribution in [0.15, 0.2) is 40.8 Å². The van der Waals surface area contributed by atoms with Gasteiger partial charge in [-0.25, -0.2) is 4.79 Å². The van der Waals surface area contributed by atoms with Gasteiger partial charge in [0.15, 0.2) is 5.76 Å². The van der Waals surface area contributed by atoms with E-state index in [1.165, 1.54) is 7.11 Å². The molecule has 0 spiro atoms. The molecule has 0 saturated heterocycles. The van der Waals surface area contributed by atoms with Crippen molar-refractivity contribution in [2.45, 2.75) is 6.92 Å². The molecule has 5 nitrogen and oxygen atoms in total. The van der Waals surface area contributed by atoms with E-state index < -0.39 is 11.9 Å². The van der Waals surface area contributed by atoms with Crippen molar-refractivity contribution in [2.75, 3.05) is 12.4 Å². The van der Waals surface area contributed by atoms with Gasteiger partial charge in [-0.1, -0.05) is 12.1 Å². The molecule has 0 fully saturated rings. The molecule has 5 heteroatoms. The number of para-hydroxylation sites is 1. The Labute approximate surface area is 110 Å². The molecular weight excluding hydrogens is 246 g/mol. The van der Waals surface area contributed by atoms with E-state index in [1.807, 2.05) is 0 Å².